The summed E-state index contributed by atoms with van der Waals surface area (Å²) in [5, 5.41) is 0. The van der Waals surface area contributed by atoms with E-state index in [9.17, 15) is 0 Å². The SMILES string of the molecule is CSCCC(N)CCc1ccccc1. The van der Waals surface area contributed by atoms with E-state index in [1.165, 1.54) is 11.3 Å². The summed E-state index contributed by atoms with van der Waals surface area (Å²) in [5.74, 6) is 1.18. The molecule has 1 nitrogen and oxygen atoms in total. The number of hydrogen-bond acceptors (Lipinski definition) is 2. The first-order chi connectivity index (χ1) is 6.83. The maximum atomic E-state index is 5.99. The van der Waals surface area contributed by atoms with Crippen LogP contribution in [0.1, 0.15) is 18.4 Å². The van der Waals surface area contributed by atoms with E-state index in [0.717, 1.165) is 19.3 Å². The van der Waals surface area contributed by atoms with Gasteiger partial charge in [-0.1, -0.05) is 30.3 Å². The van der Waals surface area contributed by atoms with Gasteiger partial charge in [0.25, 0.3) is 0 Å². The Balaban J connectivity index is 2.20. The summed E-state index contributed by atoms with van der Waals surface area (Å²) >= 11 is 1.87. The number of nitrogens with two attached hydrogens (primary N) is 1. The zero-order valence-corrected chi connectivity index (χ0v) is 9.59. The summed E-state index contributed by atoms with van der Waals surface area (Å²) in [5.41, 5.74) is 7.39. The number of aryl methyl sites for hydroxylation is 1. The fourth-order valence-corrected chi connectivity index (χ4v) is 1.95. The molecular formula is C12H19NS. The Bertz CT molecular complexity index is 235. The van der Waals surface area contributed by atoms with Crippen LogP contribution in [0, 0.1) is 0 Å². The van der Waals surface area contributed by atoms with Crippen LogP contribution in [0.2, 0.25) is 0 Å². The second-order valence-corrected chi connectivity index (χ2v) is 4.55. The molecule has 0 spiro atoms. The molecule has 0 heterocycles. The van der Waals surface area contributed by atoms with Gasteiger partial charge < -0.3 is 5.73 Å². The van der Waals surface area contributed by atoms with Crippen molar-refractivity contribution in [1.82, 2.24) is 0 Å². The average Bonchev–Trinajstić information content (AvgIpc) is 2.25. The van der Waals surface area contributed by atoms with Crippen LogP contribution in [0.5, 0.6) is 0 Å². The van der Waals surface area contributed by atoms with Crippen molar-refractivity contribution in [3.63, 3.8) is 0 Å². The quantitative estimate of drug-likeness (QED) is 0.779. The van der Waals surface area contributed by atoms with Gasteiger partial charge in [0, 0.05) is 6.04 Å². The summed E-state index contributed by atoms with van der Waals surface area (Å²) < 4.78 is 0. The second-order valence-electron chi connectivity index (χ2n) is 3.57. The van der Waals surface area contributed by atoms with Gasteiger partial charge in [-0.25, -0.2) is 0 Å². The minimum absolute atomic E-state index is 0.364. The Morgan fingerprint density at radius 1 is 1.21 bits per heavy atom. The molecule has 0 amide bonds. The highest BCUT2D eigenvalue weighted by Crippen LogP contribution is 2.07. The lowest BCUT2D eigenvalue weighted by atomic mass is 10.0. The van der Waals surface area contributed by atoms with Crippen LogP contribution < -0.4 is 5.73 Å². The Morgan fingerprint density at radius 3 is 2.57 bits per heavy atom. The van der Waals surface area contributed by atoms with Crippen LogP contribution in [0.25, 0.3) is 0 Å². The van der Waals surface area contributed by atoms with E-state index < -0.39 is 0 Å². The van der Waals surface area contributed by atoms with E-state index in [1.54, 1.807) is 0 Å². The van der Waals surface area contributed by atoms with Crippen molar-refractivity contribution in [2.45, 2.75) is 25.3 Å². The molecule has 2 N–H and O–H groups in total. The molecule has 0 aromatic heterocycles. The highest BCUT2D eigenvalue weighted by molar-refractivity contribution is 7.98. The summed E-state index contributed by atoms with van der Waals surface area (Å²) in [6.07, 6.45) is 5.47. The minimum Gasteiger partial charge on any atom is -0.328 e. The molecule has 1 atom stereocenters. The number of benzene rings is 1. The van der Waals surface area contributed by atoms with E-state index in [-0.39, 0.29) is 0 Å². The van der Waals surface area contributed by atoms with Crippen LogP contribution in [0.15, 0.2) is 30.3 Å². The van der Waals surface area contributed by atoms with Gasteiger partial charge in [0.15, 0.2) is 0 Å². The van der Waals surface area contributed by atoms with Gasteiger partial charge >= 0.3 is 0 Å². The van der Waals surface area contributed by atoms with Crippen molar-refractivity contribution < 1.29 is 0 Å². The Hall–Kier alpha value is -0.470. The summed E-state index contributed by atoms with van der Waals surface area (Å²) in [4.78, 5) is 0. The topological polar surface area (TPSA) is 26.0 Å². The lowest BCUT2D eigenvalue weighted by Crippen LogP contribution is -2.21. The van der Waals surface area contributed by atoms with Crippen LogP contribution in [0.3, 0.4) is 0 Å². The van der Waals surface area contributed by atoms with Crippen molar-refractivity contribution >= 4 is 11.8 Å². The van der Waals surface area contributed by atoms with Crippen LogP contribution in [0.4, 0.5) is 0 Å². The summed E-state index contributed by atoms with van der Waals surface area (Å²) in [6.45, 7) is 0. The third-order valence-corrected chi connectivity index (χ3v) is 2.98. The van der Waals surface area contributed by atoms with Crippen molar-refractivity contribution in [2.24, 2.45) is 5.73 Å². The Kier molecular flexibility index (Phi) is 5.72. The summed E-state index contributed by atoms with van der Waals surface area (Å²) in [6, 6.07) is 10.9. The van der Waals surface area contributed by atoms with Crippen molar-refractivity contribution in [3.8, 4) is 0 Å². The number of rotatable bonds is 6. The maximum Gasteiger partial charge on any atom is 0.00498 e. The van der Waals surface area contributed by atoms with Crippen LogP contribution in [-0.4, -0.2) is 18.1 Å². The molecule has 1 rings (SSSR count). The monoisotopic (exact) mass is 209 g/mol. The second kappa shape index (κ2) is 6.91. The van der Waals surface area contributed by atoms with Crippen molar-refractivity contribution in [2.75, 3.05) is 12.0 Å². The van der Waals surface area contributed by atoms with Crippen LogP contribution >= 0.6 is 11.8 Å². The van der Waals surface area contributed by atoms with E-state index in [4.69, 9.17) is 5.73 Å². The van der Waals surface area contributed by atoms with E-state index in [0.29, 0.717) is 6.04 Å². The molecule has 0 aliphatic heterocycles. The molecule has 0 fully saturated rings. The van der Waals surface area contributed by atoms with Gasteiger partial charge in [0.05, 0.1) is 0 Å². The Labute approximate surface area is 91.1 Å². The lowest BCUT2D eigenvalue weighted by molar-refractivity contribution is 0.600. The predicted octanol–water partition coefficient (Wildman–Crippen LogP) is 2.70. The molecule has 1 aromatic carbocycles. The normalized spacial score (nSPS) is 12.7. The maximum absolute atomic E-state index is 5.99. The van der Waals surface area contributed by atoms with E-state index >= 15 is 0 Å². The first-order valence-corrected chi connectivity index (χ1v) is 6.50. The summed E-state index contributed by atoms with van der Waals surface area (Å²) in [7, 11) is 0. The molecule has 1 unspecified atom stereocenters. The van der Waals surface area contributed by atoms with Crippen molar-refractivity contribution in [3.05, 3.63) is 35.9 Å². The van der Waals surface area contributed by atoms with E-state index in [1.807, 2.05) is 11.8 Å². The molecular weight excluding hydrogens is 190 g/mol. The zero-order chi connectivity index (χ0) is 10.2. The zero-order valence-electron chi connectivity index (χ0n) is 8.78. The third-order valence-electron chi connectivity index (χ3n) is 2.34. The molecule has 0 saturated heterocycles. The molecule has 0 radical (unpaired) electrons. The number of hydrogen-bond donors (Lipinski definition) is 1. The standard InChI is InChI=1S/C12H19NS/c1-14-10-9-12(13)8-7-11-5-3-2-4-6-11/h2-6,12H,7-10,13H2,1H3. The van der Waals surface area contributed by atoms with Crippen molar-refractivity contribution in [1.29, 1.82) is 0 Å². The van der Waals surface area contributed by atoms with Gasteiger partial charge in [-0.3, -0.25) is 0 Å². The van der Waals surface area contributed by atoms with Gasteiger partial charge in [-0.15, -0.1) is 0 Å². The first-order valence-electron chi connectivity index (χ1n) is 5.11. The van der Waals surface area contributed by atoms with Gasteiger partial charge in [0.2, 0.25) is 0 Å². The molecule has 78 valence electrons. The molecule has 0 aliphatic rings. The smallest absolute Gasteiger partial charge is 0.00498 e. The highest BCUT2D eigenvalue weighted by atomic mass is 32.2. The fraction of sp³-hybridized carbons (Fsp3) is 0.500. The number of thioether (sulfide) groups is 1. The highest BCUT2D eigenvalue weighted by Gasteiger charge is 2.01. The van der Waals surface area contributed by atoms with Gasteiger partial charge in [-0.2, -0.15) is 11.8 Å². The van der Waals surface area contributed by atoms with Gasteiger partial charge in [-0.05, 0) is 36.8 Å². The molecule has 0 bridgehead atoms. The van der Waals surface area contributed by atoms with Gasteiger partial charge in [0.1, 0.15) is 0 Å². The molecule has 0 aliphatic carbocycles. The van der Waals surface area contributed by atoms with Crippen LogP contribution in [-0.2, 0) is 6.42 Å². The third kappa shape index (κ3) is 4.68. The Morgan fingerprint density at radius 2 is 1.93 bits per heavy atom. The fourth-order valence-electron chi connectivity index (χ4n) is 1.41. The lowest BCUT2D eigenvalue weighted by Gasteiger charge is -2.10. The largest absolute Gasteiger partial charge is 0.328 e. The predicted molar refractivity (Wildman–Crippen MR) is 65.7 cm³/mol. The molecule has 1 aromatic rings. The first kappa shape index (κ1) is 11.6. The average molecular weight is 209 g/mol. The molecule has 0 saturated carbocycles. The van der Waals surface area contributed by atoms with E-state index in [2.05, 4.69) is 36.6 Å². The minimum atomic E-state index is 0.364. The molecule has 2 heteroatoms. The molecule has 14 heavy (non-hydrogen) atoms.